The predicted octanol–water partition coefficient (Wildman–Crippen LogP) is 2.71. The SMILES string of the molecule is CCn1ncc2cc(SCCC(=O)OC)ccc21. The number of hydrogen-bond acceptors (Lipinski definition) is 4. The number of methoxy groups -OCH3 is 1. The Morgan fingerprint density at radius 3 is 3.06 bits per heavy atom. The van der Waals surface area contributed by atoms with Gasteiger partial charge in [0.2, 0.25) is 0 Å². The molecule has 4 nitrogen and oxygen atoms in total. The molecule has 0 unspecified atom stereocenters. The third-order valence-electron chi connectivity index (χ3n) is 2.72. The van der Waals surface area contributed by atoms with Gasteiger partial charge in [0.15, 0.2) is 0 Å². The van der Waals surface area contributed by atoms with E-state index >= 15 is 0 Å². The molecule has 18 heavy (non-hydrogen) atoms. The van der Waals surface area contributed by atoms with Gasteiger partial charge in [-0.05, 0) is 25.1 Å². The molecule has 0 amide bonds. The first kappa shape index (κ1) is 13.0. The molecule has 0 aliphatic heterocycles. The monoisotopic (exact) mass is 264 g/mol. The van der Waals surface area contributed by atoms with Crippen molar-refractivity contribution in [3.63, 3.8) is 0 Å². The van der Waals surface area contributed by atoms with Gasteiger partial charge in [0.1, 0.15) is 0 Å². The van der Waals surface area contributed by atoms with Crippen molar-refractivity contribution in [3.8, 4) is 0 Å². The molecule has 5 heteroatoms. The van der Waals surface area contributed by atoms with E-state index in [0.717, 1.165) is 28.1 Å². The highest BCUT2D eigenvalue weighted by Gasteiger charge is 2.04. The summed E-state index contributed by atoms with van der Waals surface area (Å²) in [5.74, 6) is 0.572. The van der Waals surface area contributed by atoms with Crippen LogP contribution in [0.4, 0.5) is 0 Å². The third-order valence-corrected chi connectivity index (χ3v) is 3.71. The number of aromatic nitrogens is 2. The number of nitrogens with zero attached hydrogens (tertiary/aromatic N) is 2. The van der Waals surface area contributed by atoms with Crippen molar-refractivity contribution in [1.29, 1.82) is 0 Å². The summed E-state index contributed by atoms with van der Waals surface area (Å²) in [6.45, 7) is 2.95. The number of aryl methyl sites for hydroxylation is 1. The minimum absolute atomic E-state index is 0.164. The van der Waals surface area contributed by atoms with Crippen LogP contribution in [0, 0.1) is 0 Å². The van der Waals surface area contributed by atoms with Crippen molar-refractivity contribution >= 4 is 28.6 Å². The lowest BCUT2D eigenvalue weighted by molar-refractivity contribution is -0.140. The molecule has 0 saturated heterocycles. The largest absolute Gasteiger partial charge is 0.469 e. The van der Waals surface area contributed by atoms with Crippen LogP contribution in [-0.4, -0.2) is 28.6 Å². The van der Waals surface area contributed by atoms with Crippen LogP contribution in [0.5, 0.6) is 0 Å². The van der Waals surface area contributed by atoms with Crippen LogP contribution >= 0.6 is 11.8 Å². The van der Waals surface area contributed by atoms with Crippen molar-refractivity contribution in [2.24, 2.45) is 0 Å². The van der Waals surface area contributed by atoms with Crippen LogP contribution < -0.4 is 0 Å². The Bertz CT molecular complexity index is 551. The Labute approximate surface area is 110 Å². The van der Waals surface area contributed by atoms with E-state index in [1.807, 2.05) is 10.9 Å². The second-order valence-electron chi connectivity index (χ2n) is 3.86. The zero-order valence-corrected chi connectivity index (χ0v) is 11.4. The average molecular weight is 264 g/mol. The van der Waals surface area contributed by atoms with Crippen LogP contribution in [0.3, 0.4) is 0 Å². The van der Waals surface area contributed by atoms with Gasteiger partial charge in [-0.1, -0.05) is 0 Å². The standard InChI is InChI=1S/C13H16N2O2S/c1-3-15-12-5-4-11(8-10(12)9-14-15)18-7-6-13(16)17-2/h4-5,8-9H,3,6-7H2,1-2H3. The van der Waals surface area contributed by atoms with Gasteiger partial charge in [-0.25, -0.2) is 0 Å². The number of benzene rings is 1. The highest BCUT2D eigenvalue weighted by molar-refractivity contribution is 7.99. The molecule has 0 radical (unpaired) electrons. The summed E-state index contributed by atoms with van der Waals surface area (Å²) in [5, 5.41) is 5.45. The number of esters is 1. The van der Waals surface area contributed by atoms with Crippen molar-refractivity contribution in [1.82, 2.24) is 9.78 Å². The average Bonchev–Trinajstić information content (AvgIpc) is 2.80. The van der Waals surface area contributed by atoms with Crippen molar-refractivity contribution < 1.29 is 9.53 Å². The Kier molecular flexibility index (Phi) is 4.25. The number of rotatable bonds is 5. The summed E-state index contributed by atoms with van der Waals surface area (Å²) < 4.78 is 6.58. The van der Waals surface area contributed by atoms with E-state index in [2.05, 4.69) is 35.0 Å². The number of fused-ring (bicyclic) bond motifs is 1. The maximum Gasteiger partial charge on any atom is 0.306 e. The lowest BCUT2D eigenvalue weighted by Gasteiger charge is -2.02. The summed E-state index contributed by atoms with van der Waals surface area (Å²) in [7, 11) is 1.41. The van der Waals surface area contributed by atoms with E-state index in [1.165, 1.54) is 7.11 Å². The molecule has 0 N–H and O–H groups in total. The van der Waals surface area contributed by atoms with Crippen LogP contribution in [0.25, 0.3) is 10.9 Å². The van der Waals surface area contributed by atoms with Gasteiger partial charge in [-0.2, -0.15) is 5.10 Å². The normalized spacial score (nSPS) is 10.8. The molecule has 2 rings (SSSR count). The first-order valence-electron chi connectivity index (χ1n) is 5.89. The maximum absolute atomic E-state index is 11.0. The van der Waals surface area contributed by atoms with Gasteiger partial charge in [0, 0.05) is 22.6 Å². The topological polar surface area (TPSA) is 44.1 Å². The Morgan fingerprint density at radius 1 is 1.50 bits per heavy atom. The fourth-order valence-corrected chi connectivity index (χ4v) is 2.64. The minimum Gasteiger partial charge on any atom is -0.469 e. The highest BCUT2D eigenvalue weighted by atomic mass is 32.2. The molecule has 2 aromatic rings. The molecular formula is C13H16N2O2S. The van der Waals surface area contributed by atoms with E-state index in [9.17, 15) is 4.79 Å². The third kappa shape index (κ3) is 2.85. The van der Waals surface area contributed by atoms with Crippen LogP contribution in [0.2, 0.25) is 0 Å². The molecule has 96 valence electrons. The number of ether oxygens (including phenoxy) is 1. The lowest BCUT2D eigenvalue weighted by atomic mass is 10.2. The van der Waals surface area contributed by atoms with Gasteiger partial charge >= 0.3 is 5.97 Å². The quantitative estimate of drug-likeness (QED) is 0.615. The van der Waals surface area contributed by atoms with Gasteiger partial charge in [0.05, 0.1) is 25.2 Å². The van der Waals surface area contributed by atoms with E-state index in [-0.39, 0.29) is 5.97 Å². The van der Waals surface area contributed by atoms with Crippen LogP contribution in [0.1, 0.15) is 13.3 Å². The Hall–Kier alpha value is -1.49. The molecule has 0 bridgehead atoms. The first-order valence-corrected chi connectivity index (χ1v) is 6.88. The summed E-state index contributed by atoms with van der Waals surface area (Å²) in [5.41, 5.74) is 1.15. The number of carbonyl (C=O) groups is 1. The first-order chi connectivity index (χ1) is 8.74. The van der Waals surface area contributed by atoms with E-state index in [4.69, 9.17) is 0 Å². The van der Waals surface area contributed by atoms with Crippen LogP contribution in [-0.2, 0) is 16.1 Å². The fourth-order valence-electron chi connectivity index (χ4n) is 1.76. The molecule has 0 aliphatic carbocycles. The van der Waals surface area contributed by atoms with E-state index in [0.29, 0.717) is 6.42 Å². The summed E-state index contributed by atoms with van der Waals surface area (Å²) in [6, 6.07) is 6.25. The van der Waals surface area contributed by atoms with Crippen molar-refractivity contribution in [2.75, 3.05) is 12.9 Å². The van der Waals surface area contributed by atoms with E-state index in [1.54, 1.807) is 11.8 Å². The molecule has 0 fully saturated rings. The van der Waals surface area contributed by atoms with Gasteiger partial charge < -0.3 is 4.74 Å². The molecule has 1 aromatic heterocycles. The summed E-state index contributed by atoms with van der Waals surface area (Å²) in [4.78, 5) is 12.2. The molecule has 1 aromatic carbocycles. The zero-order valence-electron chi connectivity index (χ0n) is 10.5. The maximum atomic E-state index is 11.0. The van der Waals surface area contributed by atoms with Crippen molar-refractivity contribution in [3.05, 3.63) is 24.4 Å². The fraction of sp³-hybridized carbons (Fsp3) is 0.385. The Morgan fingerprint density at radius 2 is 2.33 bits per heavy atom. The van der Waals surface area contributed by atoms with Crippen LogP contribution in [0.15, 0.2) is 29.3 Å². The number of carbonyl (C=O) groups excluding carboxylic acids is 1. The predicted molar refractivity (Wildman–Crippen MR) is 72.8 cm³/mol. The molecule has 0 atom stereocenters. The summed E-state index contributed by atoms with van der Waals surface area (Å²) >= 11 is 1.66. The molecule has 1 heterocycles. The molecule has 0 saturated carbocycles. The zero-order chi connectivity index (χ0) is 13.0. The van der Waals surface area contributed by atoms with Gasteiger partial charge in [-0.15, -0.1) is 11.8 Å². The highest BCUT2D eigenvalue weighted by Crippen LogP contribution is 2.24. The smallest absolute Gasteiger partial charge is 0.306 e. The second-order valence-corrected chi connectivity index (χ2v) is 5.02. The molecule has 0 aliphatic rings. The Balaban J connectivity index is 2.04. The summed E-state index contributed by atoms with van der Waals surface area (Å²) in [6.07, 6.45) is 2.32. The number of hydrogen-bond donors (Lipinski definition) is 0. The lowest BCUT2D eigenvalue weighted by Crippen LogP contribution is -2.00. The number of thioether (sulfide) groups is 1. The molecular weight excluding hydrogens is 248 g/mol. The molecule has 0 spiro atoms. The second kappa shape index (κ2) is 5.91. The van der Waals surface area contributed by atoms with Gasteiger partial charge in [-0.3, -0.25) is 9.48 Å². The van der Waals surface area contributed by atoms with Crippen molar-refractivity contribution in [2.45, 2.75) is 24.8 Å². The van der Waals surface area contributed by atoms with Gasteiger partial charge in [0.25, 0.3) is 0 Å². The van der Waals surface area contributed by atoms with E-state index < -0.39 is 0 Å². The minimum atomic E-state index is -0.164.